The smallest absolute Gasteiger partial charge is 0.288 e. The molecule has 2 rings (SSSR count). The van der Waals surface area contributed by atoms with Crippen LogP contribution in [0.2, 0.25) is 0 Å². The van der Waals surface area contributed by atoms with Gasteiger partial charge in [0, 0.05) is 16.5 Å². The van der Waals surface area contributed by atoms with Crippen molar-refractivity contribution in [1.82, 2.24) is 0 Å². The summed E-state index contributed by atoms with van der Waals surface area (Å²) in [5.74, 6) is -1.72. The minimum absolute atomic E-state index is 0.0564. The predicted octanol–water partition coefficient (Wildman–Crippen LogP) is 4.20. The van der Waals surface area contributed by atoms with Gasteiger partial charge in [0.05, 0.1) is 26.3 Å². The third-order valence-corrected chi connectivity index (χ3v) is 4.01. The highest BCUT2D eigenvalue weighted by atomic mass is 32.2. The molecule has 0 fully saturated rings. The zero-order valence-electron chi connectivity index (χ0n) is 13.2. The standard InChI is InChI=1S/C17H17F2NO3S/c1-22-12-8-7-11(14(10-12)23-2)9-16(21)20-13-5-3-4-6-15(13)24-17(18)19/h3-8,10,17H,9H2,1-2H3,(H,20,21). The van der Waals surface area contributed by atoms with Crippen LogP contribution in [0, 0.1) is 0 Å². The van der Waals surface area contributed by atoms with Crippen LogP contribution in [0.5, 0.6) is 11.5 Å². The Balaban J connectivity index is 2.12. The summed E-state index contributed by atoms with van der Waals surface area (Å²) in [6.07, 6.45) is 0.0564. The van der Waals surface area contributed by atoms with E-state index in [1.54, 1.807) is 49.6 Å². The first-order valence-corrected chi connectivity index (χ1v) is 7.96. The lowest BCUT2D eigenvalue weighted by Crippen LogP contribution is -2.15. The summed E-state index contributed by atoms with van der Waals surface area (Å²) in [6, 6.07) is 11.6. The first kappa shape index (κ1) is 18.1. The first-order valence-electron chi connectivity index (χ1n) is 7.08. The molecule has 0 radical (unpaired) electrons. The Kier molecular flexibility index (Phi) is 6.43. The second-order valence-corrected chi connectivity index (χ2v) is 5.81. The fourth-order valence-electron chi connectivity index (χ4n) is 2.13. The topological polar surface area (TPSA) is 47.6 Å². The van der Waals surface area contributed by atoms with E-state index in [9.17, 15) is 13.6 Å². The Hall–Kier alpha value is -2.28. The summed E-state index contributed by atoms with van der Waals surface area (Å²) in [5.41, 5.74) is 1.04. The number of hydrogen-bond donors (Lipinski definition) is 1. The Labute approximate surface area is 143 Å². The monoisotopic (exact) mass is 353 g/mol. The van der Waals surface area contributed by atoms with Gasteiger partial charge in [-0.3, -0.25) is 4.79 Å². The van der Waals surface area contributed by atoms with Crippen LogP contribution in [0.4, 0.5) is 14.5 Å². The van der Waals surface area contributed by atoms with Gasteiger partial charge in [-0.2, -0.15) is 8.78 Å². The number of carbonyl (C=O) groups excluding carboxylic acids is 1. The Bertz CT molecular complexity index is 710. The highest BCUT2D eigenvalue weighted by Gasteiger charge is 2.14. The Morgan fingerprint density at radius 3 is 2.58 bits per heavy atom. The molecule has 0 aliphatic rings. The van der Waals surface area contributed by atoms with Gasteiger partial charge in [0.1, 0.15) is 11.5 Å². The van der Waals surface area contributed by atoms with Gasteiger partial charge in [-0.15, -0.1) is 0 Å². The third-order valence-electron chi connectivity index (χ3n) is 3.22. The van der Waals surface area contributed by atoms with Crippen molar-refractivity contribution in [3.05, 3.63) is 48.0 Å². The van der Waals surface area contributed by atoms with Crippen LogP contribution in [0.15, 0.2) is 47.4 Å². The molecule has 0 spiro atoms. The molecule has 24 heavy (non-hydrogen) atoms. The van der Waals surface area contributed by atoms with Crippen molar-refractivity contribution in [3.8, 4) is 11.5 Å². The van der Waals surface area contributed by atoms with E-state index in [1.165, 1.54) is 7.11 Å². The van der Waals surface area contributed by atoms with Crippen molar-refractivity contribution >= 4 is 23.4 Å². The Morgan fingerprint density at radius 2 is 1.92 bits per heavy atom. The molecule has 0 aliphatic heterocycles. The number of halogens is 2. The van der Waals surface area contributed by atoms with Gasteiger partial charge < -0.3 is 14.8 Å². The van der Waals surface area contributed by atoms with Gasteiger partial charge in [0.25, 0.3) is 5.76 Å². The number of anilines is 1. The second-order valence-electron chi connectivity index (χ2n) is 4.78. The fourth-order valence-corrected chi connectivity index (χ4v) is 2.73. The number of hydrogen-bond acceptors (Lipinski definition) is 4. The van der Waals surface area contributed by atoms with Crippen molar-refractivity contribution in [2.75, 3.05) is 19.5 Å². The van der Waals surface area contributed by atoms with E-state index in [-0.39, 0.29) is 12.3 Å². The number of rotatable bonds is 7. The summed E-state index contributed by atoms with van der Waals surface area (Å²) in [7, 11) is 3.05. The minimum atomic E-state index is -2.55. The molecule has 2 aromatic rings. The lowest BCUT2D eigenvalue weighted by molar-refractivity contribution is -0.115. The van der Waals surface area contributed by atoms with Crippen LogP contribution in [0.3, 0.4) is 0 Å². The largest absolute Gasteiger partial charge is 0.497 e. The molecule has 1 amide bonds. The maximum atomic E-state index is 12.6. The summed E-state index contributed by atoms with van der Waals surface area (Å²) in [4.78, 5) is 12.6. The van der Waals surface area contributed by atoms with Crippen molar-refractivity contribution in [3.63, 3.8) is 0 Å². The number of ether oxygens (including phenoxy) is 2. The van der Waals surface area contributed by atoms with Crippen LogP contribution in [-0.4, -0.2) is 25.9 Å². The van der Waals surface area contributed by atoms with Gasteiger partial charge in [0.15, 0.2) is 0 Å². The Morgan fingerprint density at radius 1 is 1.17 bits per heavy atom. The molecule has 1 N–H and O–H groups in total. The fraction of sp³-hybridized carbons (Fsp3) is 0.235. The lowest BCUT2D eigenvalue weighted by atomic mass is 10.1. The molecule has 4 nitrogen and oxygen atoms in total. The number of methoxy groups -OCH3 is 2. The number of carbonyl (C=O) groups is 1. The van der Waals surface area contributed by atoms with E-state index >= 15 is 0 Å². The van der Waals surface area contributed by atoms with E-state index in [0.717, 1.165) is 0 Å². The van der Waals surface area contributed by atoms with Crippen molar-refractivity contribution in [1.29, 1.82) is 0 Å². The quantitative estimate of drug-likeness (QED) is 0.758. The van der Waals surface area contributed by atoms with Crippen molar-refractivity contribution in [2.24, 2.45) is 0 Å². The summed E-state index contributed by atoms with van der Waals surface area (Å²) in [6.45, 7) is 0. The molecule has 0 heterocycles. The summed E-state index contributed by atoms with van der Waals surface area (Å²) < 4.78 is 35.5. The van der Waals surface area contributed by atoms with Crippen LogP contribution in [0.25, 0.3) is 0 Å². The number of nitrogens with one attached hydrogen (secondary N) is 1. The first-order chi connectivity index (χ1) is 11.5. The minimum Gasteiger partial charge on any atom is -0.497 e. The van der Waals surface area contributed by atoms with Gasteiger partial charge in [0.2, 0.25) is 5.91 Å². The third kappa shape index (κ3) is 4.86. The van der Waals surface area contributed by atoms with Gasteiger partial charge in [-0.1, -0.05) is 30.0 Å². The lowest BCUT2D eigenvalue weighted by Gasteiger charge is -2.12. The second kappa shape index (κ2) is 8.54. The highest BCUT2D eigenvalue weighted by Crippen LogP contribution is 2.32. The molecule has 128 valence electrons. The summed E-state index contributed by atoms with van der Waals surface area (Å²) >= 11 is 0.397. The molecular formula is C17H17F2NO3S. The van der Waals surface area contributed by atoms with E-state index in [2.05, 4.69) is 5.32 Å². The van der Waals surface area contributed by atoms with E-state index < -0.39 is 5.76 Å². The number of benzene rings is 2. The SMILES string of the molecule is COc1ccc(CC(=O)Nc2ccccc2SC(F)F)c(OC)c1. The molecule has 0 aliphatic carbocycles. The van der Waals surface area contributed by atoms with Crippen LogP contribution in [-0.2, 0) is 11.2 Å². The van der Waals surface area contributed by atoms with Crippen molar-refractivity contribution in [2.45, 2.75) is 17.1 Å². The van der Waals surface area contributed by atoms with Gasteiger partial charge >= 0.3 is 0 Å². The predicted molar refractivity (Wildman–Crippen MR) is 90.2 cm³/mol. The van der Waals surface area contributed by atoms with E-state index in [0.29, 0.717) is 39.4 Å². The van der Waals surface area contributed by atoms with Crippen molar-refractivity contribution < 1.29 is 23.0 Å². The normalized spacial score (nSPS) is 10.5. The molecule has 0 saturated carbocycles. The zero-order valence-corrected chi connectivity index (χ0v) is 14.0. The van der Waals surface area contributed by atoms with Gasteiger partial charge in [-0.05, 0) is 18.2 Å². The average Bonchev–Trinajstić information content (AvgIpc) is 2.56. The number of alkyl halides is 2. The maximum Gasteiger partial charge on any atom is 0.288 e. The molecule has 0 atom stereocenters. The van der Waals surface area contributed by atoms with Crippen LogP contribution >= 0.6 is 11.8 Å². The molecular weight excluding hydrogens is 336 g/mol. The molecule has 0 unspecified atom stereocenters. The molecule has 0 saturated heterocycles. The molecule has 0 bridgehead atoms. The molecule has 7 heteroatoms. The number of amides is 1. The van der Waals surface area contributed by atoms with E-state index in [4.69, 9.17) is 9.47 Å². The molecule has 0 aromatic heterocycles. The van der Waals surface area contributed by atoms with E-state index in [1.807, 2.05) is 0 Å². The molecule has 2 aromatic carbocycles. The van der Waals surface area contributed by atoms with Crippen LogP contribution < -0.4 is 14.8 Å². The zero-order chi connectivity index (χ0) is 17.5. The number of thioether (sulfide) groups is 1. The van der Waals surface area contributed by atoms with Gasteiger partial charge in [-0.25, -0.2) is 0 Å². The number of para-hydroxylation sites is 1. The van der Waals surface area contributed by atoms with Crippen LogP contribution in [0.1, 0.15) is 5.56 Å². The summed E-state index contributed by atoms with van der Waals surface area (Å²) in [5, 5.41) is 2.66. The maximum absolute atomic E-state index is 12.6. The average molecular weight is 353 g/mol. The highest BCUT2D eigenvalue weighted by molar-refractivity contribution is 7.99.